The van der Waals surface area contributed by atoms with E-state index in [-0.39, 0.29) is 12.1 Å². The first-order valence-electron chi connectivity index (χ1n) is 7.60. The molecule has 3 nitrogen and oxygen atoms in total. The number of rotatable bonds is 5. The maximum atomic E-state index is 6.26. The van der Waals surface area contributed by atoms with Gasteiger partial charge in [-0.3, -0.25) is 0 Å². The minimum atomic E-state index is 0.135. The van der Waals surface area contributed by atoms with Crippen LogP contribution in [0.4, 0.5) is 0 Å². The van der Waals surface area contributed by atoms with Gasteiger partial charge in [-0.1, -0.05) is 26.0 Å². The molecule has 0 heterocycles. The summed E-state index contributed by atoms with van der Waals surface area (Å²) in [6.45, 7) is 5.27. The summed E-state index contributed by atoms with van der Waals surface area (Å²) in [5.74, 6) is 2.14. The Labute approximate surface area is 122 Å². The van der Waals surface area contributed by atoms with E-state index < -0.39 is 0 Å². The van der Waals surface area contributed by atoms with Crippen molar-refractivity contribution in [2.45, 2.75) is 45.3 Å². The first-order chi connectivity index (χ1) is 9.60. The fraction of sp³-hybridized carbons (Fsp3) is 0.647. The molecule has 1 fully saturated rings. The molecule has 0 aromatic heterocycles. The summed E-state index contributed by atoms with van der Waals surface area (Å²) < 4.78 is 11.2. The van der Waals surface area contributed by atoms with Gasteiger partial charge in [-0.15, -0.1) is 0 Å². The molecule has 0 radical (unpaired) electrons. The summed E-state index contributed by atoms with van der Waals surface area (Å²) in [5, 5.41) is 0. The van der Waals surface area contributed by atoms with E-state index >= 15 is 0 Å². The van der Waals surface area contributed by atoms with Crippen molar-refractivity contribution in [3.8, 4) is 5.75 Å². The van der Waals surface area contributed by atoms with Crippen molar-refractivity contribution in [2.75, 3.05) is 13.7 Å². The number of benzene rings is 1. The smallest absolute Gasteiger partial charge is 0.119 e. The molecule has 3 heteroatoms. The molecule has 0 aliphatic heterocycles. The van der Waals surface area contributed by atoms with Crippen LogP contribution in [-0.4, -0.2) is 25.9 Å². The molecule has 0 bridgehead atoms. The Morgan fingerprint density at radius 3 is 2.45 bits per heavy atom. The van der Waals surface area contributed by atoms with Gasteiger partial charge in [0.2, 0.25) is 0 Å². The number of hydrogen-bond donors (Lipinski definition) is 1. The third-order valence-corrected chi connectivity index (χ3v) is 4.22. The molecular weight excluding hydrogens is 250 g/mol. The molecule has 0 amide bonds. The maximum absolute atomic E-state index is 6.26. The predicted octanol–water partition coefficient (Wildman–Crippen LogP) is 3.02. The lowest BCUT2D eigenvalue weighted by molar-refractivity contribution is 0.0626. The lowest BCUT2D eigenvalue weighted by atomic mass is 9.78. The van der Waals surface area contributed by atoms with E-state index in [2.05, 4.69) is 26.0 Å². The second-order valence-electron chi connectivity index (χ2n) is 6.19. The summed E-state index contributed by atoms with van der Waals surface area (Å²) in [6.07, 6.45) is 3.33. The third-order valence-electron chi connectivity index (χ3n) is 4.22. The van der Waals surface area contributed by atoms with Gasteiger partial charge >= 0.3 is 0 Å². The van der Waals surface area contributed by atoms with Crippen molar-refractivity contribution in [1.29, 1.82) is 0 Å². The second kappa shape index (κ2) is 7.09. The Balaban J connectivity index is 1.95. The Kier molecular flexibility index (Phi) is 5.44. The fourth-order valence-electron chi connectivity index (χ4n) is 3.20. The molecule has 2 rings (SSSR count). The maximum Gasteiger partial charge on any atom is 0.119 e. The number of methoxy groups -OCH3 is 1. The van der Waals surface area contributed by atoms with E-state index in [0.717, 1.165) is 25.2 Å². The molecule has 4 unspecified atom stereocenters. The van der Waals surface area contributed by atoms with Crippen LogP contribution in [0.3, 0.4) is 0 Å². The van der Waals surface area contributed by atoms with Crippen LogP contribution < -0.4 is 10.5 Å². The molecule has 1 saturated carbocycles. The number of hydrogen-bond acceptors (Lipinski definition) is 3. The van der Waals surface area contributed by atoms with Crippen LogP contribution in [0.5, 0.6) is 5.75 Å². The van der Waals surface area contributed by atoms with Crippen LogP contribution in [0.15, 0.2) is 24.3 Å². The van der Waals surface area contributed by atoms with Crippen LogP contribution in [0.25, 0.3) is 0 Å². The highest BCUT2D eigenvalue weighted by atomic mass is 16.5. The van der Waals surface area contributed by atoms with Gasteiger partial charge in [-0.2, -0.15) is 0 Å². The zero-order valence-corrected chi connectivity index (χ0v) is 12.8. The normalized spacial score (nSPS) is 30.2. The van der Waals surface area contributed by atoms with Crippen molar-refractivity contribution in [3.63, 3.8) is 0 Å². The average molecular weight is 277 g/mol. The molecular formula is C17H27NO2. The SMILES string of the molecule is COCCc1ccc(OC2C(C)CC(C)CC2N)cc1. The summed E-state index contributed by atoms with van der Waals surface area (Å²) >= 11 is 0. The summed E-state index contributed by atoms with van der Waals surface area (Å²) in [6, 6.07) is 8.44. The molecule has 4 atom stereocenters. The molecule has 1 aliphatic rings. The van der Waals surface area contributed by atoms with Gasteiger partial charge in [0.05, 0.1) is 6.61 Å². The predicted molar refractivity (Wildman–Crippen MR) is 82.0 cm³/mol. The monoisotopic (exact) mass is 277 g/mol. The number of ether oxygens (including phenoxy) is 2. The highest BCUT2D eigenvalue weighted by molar-refractivity contribution is 5.27. The number of nitrogens with two attached hydrogens (primary N) is 1. The zero-order valence-electron chi connectivity index (χ0n) is 12.8. The van der Waals surface area contributed by atoms with E-state index in [1.165, 1.54) is 12.0 Å². The van der Waals surface area contributed by atoms with E-state index in [1.54, 1.807) is 7.11 Å². The quantitative estimate of drug-likeness (QED) is 0.899. The van der Waals surface area contributed by atoms with Crippen molar-refractivity contribution < 1.29 is 9.47 Å². The highest BCUT2D eigenvalue weighted by Crippen LogP contribution is 2.31. The highest BCUT2D eigenvalue weighted by Gasteiger charge is 2.33. The topological polar surface area (TPSA) is 44.5 Å². The molecule has 1 aromatic rings. The molecule has 1 aliphatic carbocycles. The van der Waals surface area contributed by atoms with E-state index in [1.807, 2.05) is 12.1 Å². The molecule has 20 heavy (non-hydrogen) atoms. The Bertz CT molecular complexity index is 392. The van der Waals surface area contributed by atoms with Gasteiger partial charge in [0, 0.05) is 13.2 Å². The van der Waals surface area contributed by atoms with E-state index in [4.69, 9.17) is 15.2 Å². The minimum absolute atomic E-state index is 0.135. The van der Waals surface area contributed by atoms with E-state index in [0.29, 0.717) is 11.8 Å². The largest absolute Gasteiger partial charge is 0.489 e. The fourth-order valence-corrected chi connectivity index (χ4v) is 3.20. The molecule has 1 aromatic carbocycles. The molecule has 0 saturated heterocycles. The minimum Gasteiger partial charge on any atom is -0.489 e. The van der Waals surface area contributed by atoms with Crippen molar-refractivity contribution in [3.05, 3.63) is 29.8 Å². The Morgan fingerprint density at radius 1 is 1.15 bits per heavy atom. The third kappa shape index (κ3) is 3.97. The standard InChI is InChI=1S/C17H27NO2/c1-12-10-13(2)17(16(18)11-12)20-15-6-4-14(5-7-15)8-9-19-3/h4-7,12-13,16-17H,8-11,18H2,1-3H3. The molecule has 112 valence electrons. The van der Waals surface area contributed by atoms with E-state index in [9.17, 15) is 0 Å². The molecule has 2 N–H and O–H groups in total. The average Bonchev–Trinajstić information content (AvgIpc) is 2.42. The lowest BCUT2D eigenvalue weighted by Gasteiger charge is -2.37. The summed E-state index contributed by atoms with van der Waals surface area (Å²) in [7, 11) is 1.73. The van der Waals surface area contributed by atoms with Crippen LogP contribution in [0.2, 0.25) is 0 Å². The van der Waals surface area contributed by atoms with Gasteiger partial charge in [0.1, 0.15) is 11.9 Å². The van der Waals surface area contributed by atoms with Crippen LogP contribution in [0.1, 0.15) is 32.3 Å². The van der Waals surface area contributed by atoms with Crippen molar-refractivity contribution >= 4 is 0 Å². The zero-order chi connectivity index (χ0) is 14.5. The molecule has 0 spiro atoms. The lowest BCUT2D eigenvalue weighted by Crippen LogP contribution is -2.48. The Morgan fingerprint density at radius 2 is 1.85 bits per heavy atom. The van der Waals surface area contributed by atoms with Gasteiger partial charge < -0.3 is 15.2 Å². The van der Waals surface area contributed by atoms with Crippen LogP contribution in [-0.2, 0) is 11.2 Å². The van der Waals surface area contributed by atoms with Gasteiger partial charge in [-0.25, -0.2) is 0 Å². The Hall–Kier alpha value is -1.06. The second-order valence-corrected chi connectivity index (χ2v) is 6.19. The van der Waals surface area contributed by atoms with Crippen LogP contribution >= 0.6 is 0 Å². The summed E-state index contributed by atoms with van der Waals surface area (Å²) in [4.78, 5) is 0. The van der Waals surface area contributed by atoms with Gasteiger partial charge in [-0.05, 0) is 48.8 Å². The van der Waals surface area contributed by atoms with Gasteiger partial charge in [0.25, 0.3) is 0 Å². The first kappa shape index (κ1) is 15.3. The van der Waals surface area contributed by atoms with Crippen molar-refractivity contribution in [2.24, 2.45) is 17.6 Å². The van der Waals surface area contributed by atoms with Crippen LogP contribution in [0, 0.1) is 11.8 Å². The summed E-state index contributed by atoms with van der Waals surface area (Å²) in [5.41, 5.74) is 7.53. The first-order valence-corrected chi connectivity index (χ1v) is 7.60. The van der Waals surface area contributed by atoms with Crippen molar-refractivity contribution in [1.82, 2.24) is 0 Å². The van der Waals surface area contributed by atoms with Gasteiger partial charge in [0.15, 0.2) is 0 Å².